The Morgan fingerprint density at radius 2 is 2.05 bits per heavy atom. The standard InChI is InChI=1S/C14H19FN2O3S/c1-9-6-11(21(16,19)20)7-12(13(9)15)14(18)17(2)8-10-4-3-5-10/h6-7,10H,3-5,8H2,1-2H3,(H2,16,19,20). The van der Waals surface area contributed by atoms with Crippen LogP contribution in [0.5, 0.6) is 0 Å². The van der Waals surface area contributed by atoms with Gasteiger partial charge < -0.3 is 4.90 Å². The molecule has 0 unspecified atom stereocenters. The number of sulfonamides is 1. The van der Waals surface area contributed by atoms with Crippen LogP contribution < -0.4 is 5.14 Å². The number of carbonyl (C=O) groups is 1. The van der Waals surface area contributed by atoms with Gasteiger partial charge in [-0.3, -0.25) is 4.79 Å². The second-order valence-corrected chi connectivity index (χ2v) is 7.19. The summed E-state index contributed by atoms with van der Waals surface area (Å²) in [5, 5.41) is 5.06. The Morgan fingerprint density at radius 1 is 1.43 bits per heavy atom. The van der Waals surface area contributed by atoms with Crippen molar-refractivity contribution in [1.29, 1.82) is 0 Å². The molecule has 0 heterocycles. The minimum absolute atomic E-state index is 0.0851. The van der Waals surface area contributed by atoms with E-state index in [-0.39, 0.29) is 16.0 Å². The average Bonchev–Trinajstić information content (AvgIpc) is 2.34. The average molecular weight is 314 g/mol. The monoisotopic (exact) mass is 314 g/mol. The molecule has 1 fully saturated rings. The van der Waals surface area contributed by atoms with Crippen molar-refractivity contribution < 1.29 is 17.6 Å². The van der Waals surface area contributed by atoms with E-state index in [1.807, 2.05) is 0 Å². The number of aryl methyl sites for hydroxylation is 1. The molecule has 7 heteroatoms. The van der Waals surface area contributed by atoms with Gasteiger partial charge in [-0.1, -0.05) is 6.42 Å². The number of nitrogens with zero attached hydrogens (tertiary/aromatic N) is 1. The molecular formula is C14H19FN2O3S. The molecule has 1 aliphatic rings. The zero-order valence-electron chi connectivity index (χ0n) is 12.1. The van der Waals surface area contributed by atoms with Crippen LogP contribution in [-0.4, -0.2) is 32.8 Å². The molecular weight excluding hydrogens is 295 g/mol. The Bertz CT molecular complexity index is 669. The van der Waals surface area contributed by atoms with E-state index in [0.717, 1.165) is 31.4 Å². The third-order valence-electron chi connectivity index (χ3n) is 3.89. The summed E-state index contributed by atoms with van der Waals surface area (Å²) in [6.45, 7) is 1.96. The fourth-order valence-corrected chi connectivity index (χ4v) is 3.03. The molecule has 21 heavy (non-hydrogen) atoms. The van der Waals surface area contributed by atoms with Crippen molar-refractivity contribution in [2.45, 2.75) is 31.1 Å². The summed E-state index contributed by atoms with van der Waals surface area (Å²) >= 11 is 0. The van der Waals surface area contributed by atoms with Gasteiger partial charge in [-0.25, -0.2) is 17.9 Å². The second kappa shape index (κ2) is 5.73. The summed E-state index contributed by atoms with van der Waals surface area (Å²) in [5.41, 5.74) is -0.164. The summed E-state index contributed by atoms with van der Waals surface area (Å²) in [6, 6.07) is 2.14. The summed E-state index contributed by atoms with van der Waals surface area (Å²) < 4.78 is 36.9. The molecule has 1 amide bonds. The third kappa shape index (κ3) is 3.41. The van der Waals surface area contributed by atoms with E-state index in [4.69, 9.17) is 5.14 Å². The van der Waals surface area contributed by atoms with Crippen LogP contribution in [0.2, 0.25) is 0 Å². The fourth-order valence-electron chi connectivity index (χ4n) is 2.41. The van der Waals surface area contributed by atoms with Gasteiger partial charge in [-0.05, 0) is 43.4 Å². The van der Waals surface area contributed by atoms with Gasteiger partial charge >= 0.3 is 0 Å². The van der Waals surface area contributed by atoms with Crippen LogP contribution in [-0.2, 0) is 10.0 Å². The van der Waals surface area contributed by atoms with Gasteiger partial charge in [0.1, 0.15) is 5.82 Å². The van der Waals surface area contributed by atoms with Gasteiger partial charge in [0.15, 0.2) is 0 Å². The van der Waals surface area contributed by atoms with E-state index in [1.165, 1.54) is 11.8 Å². The zero-order valence-corrected chi connectivity index (χ0v) is 12.9. The molecule has 1 aromatic carbocycles. The summed E-state index contributed by atoms with van der Waals surface area (Å²) in [6.07, 6.45) is 3.29. The summed E-state index contributed by atoms with van der Waals surface area (Å²) in [7, 11) is -2.38. The molecule has 1 aliphatic carbocycles. The van der Waals surface area contributed by atoms with Gasteiger partial charge in [0.25, 0.3) is 5.91 Å². The lowest BCUT2D eigenvalue weighted by Crippen LogP contribution is -2.35. The van der Waals surface area contributed by atoms with E-state index in [2.05, 4.69) is 0 Å². The van der Waals surface area contributed by atoms with Crippen LogP contribution in [0.15, 0.2) is 17.0 Å². The number of hydrogen-bond acceptors (Lipinski definition) is 3. The topological polar surface area (TPSA) is 80.5 Å². The van der Waals surface area contributed by atoms with E-state index in [0.29, 0.717) is 12.5 Å². The van der Waals surface area contributed by atoms with Gasteiger partial charge in [0.2, 0.25) is 10.0 Å². The number of halogens is 1. The van der Waals surface area contributed by atoms with Crippen LogP contribution in [0.25, 0.3) is 0 Å². The highest BCUT2D eigenvalue weighted by Gasteiger charge is 2.25. The third-order valence-corrected chi connectivity index (χ3v) is 4.78. The highest BCUT2D eigenvalue weighted by molar-refractivity contribution is 7.89. The lowest BCUT2D eigenvalue weighted by Gasteiger charge is -2.30. The molecule has 5 nitrogen and oxygen atoms in total. The number of carbonyl (C=O) groups excluding carboxylic acids is 1. The summed E-state index contributed by atoms with van der Waals surface area (Å²) in [4.78, 5) is 13.5. The quantitative estimate of drug-likeness (QED) is 0.917. The number of nitrogens with two attached hydrogens (primary N) is 1. The molecule has 2 rings (SSSR count). The van der Waals surface area contributed by atoms with Crippen LogP contribution in [0.3, 0.4) is 0 Å². The van der Waals surface area contributed by atoms with Crippen LogP contribution >= 0.6 is 0 Å². The van der Waals surface area contributed by atoms with Gasteiger partial charge in [-0.15, -0.1) is 0 Å². The molecule has 116 valence electrons. The van der Waals surface area contributed by atoms with Crippen LogP contribution in [0.4, 0.5) is 4.39 Å². The van der Waals surface area contributed by atoms with Crippen molar-refractivity contribution in [2.24, 2.45) is 11.1 Å². The lowest BCUT2D eigenvalue weighted by atomic mass is 9.85. The van der Waals surface area contributed by atoms with Gasteiger partial charge in [0.05, 0.1) is 10.5 Å². The maximum Gasteiger partial charge on any atom is 0.256 e. The fraction of sp³-hybridized carbons (Fsp3) is 0.500. The molecule has 0 saturated heterocycles. The maximum atomic E-state index is 14.1. The van der Waals surface area contributed by atoms with Crippen LogP contribution in [0.1, 0.15) is 35.2 Å². The molecule has 0 spiro atoms. The van der Waals surface area contributed by atoms with E-state index in [9.17, 15) is 17.6 Å². The molecule has 0 bridgehead atoms. The second-order valence-electron chi connectivity index (χ2n) is 5.63. The molecule has 0 aliphatic heterocycles. The van der Waals surface area contributed by atoms with Gasteiger partial charge in [0, 0.05) is 13.6 Å². The smallest absolute Gasteiger partial charge is 0.256 e. The van der Waals surface area contributed by atoms with Crippen molar-refractivity contribution in [1.82, 2.24) is 4.90 Å². The predicted molar refractivity (Wildman–Crippen MR) is 76.8 cm³/mol. The molecule has 1 saturated carbocycles. The Labute approximate surface area is 124 Å². The Balaban J connectivity index is 2.33. The number of rotatable bonds is 4. The number of hydrogen-bond donors (Lipinski definition) is 1. The molecule has 0 aromatic heterocycles. The first-order valence-corrected chi connectivity index (χ1v) is 8.33. The first-order valence-electron chi connectivity index (χ1n) is 6.78. The predicted octanol–water partition coefficient (Wildman–Crippen LogP) is 1.65. The van der Waals surface area contributed by atoms with Crippen LogP contribution in [0, 0.1) is 18.7 Å². The van der Waals surface area contributed by atoms with E-state index < -0.39 is 21.7 Å². The molecule has 0 atom stereocenters. The Kier molecular flexibility index (Phi) is 4.34. The lowest BCUT2D eigenvalue weighted by molar-refractivity contribution is 0.0740. The van der Waals surface area contributed by atoms with Gasteiger partial charge in [-0.2, -0.15) is 0 Å². The first kappa shape index (κ1) is 15.9. The van der Waals surface area contributed by atoms with Crippen molar-refractivity contribution in [3.8, 4) is 0 Å². The molecule has 2 N–H and O–H groups in total. The van der Waals surface area contributed by atoms with Crippen molar-refractivity contribution in [2.75, 3.05) is 13.6 Å². The zero-order chi connectivity index (χ0) is 15.8. The number of benzene rings is 1. The maximum absolute atomic E-state index is 14.1. The Hall–Kier alpha value is -1.47. The minimum Gasteiger partial charge on any atom is -0.341 e. The Morgan fingerprint density at radius 3 is 2.52 bits per heavy atom. The van der Waals surface area contributed by atoms with E-state index in [1.54, 1.807) is 7.05 Å². The highest BCUT2D eigenvalue weighted by atomic mass is 32.2. The van der Waals surface area contributed by atoms with Crippen molar-refractivity contribution >= 4 is 15.9 Å². The SMILES string of the molecule is Cc1cc(S(N)(=O)=O)cc(C(=O)N(C)CC2CCC2)c1F. The van der Waals surface area contributed by atoms with Crippen molar-refractivity contribution in [3.05, 3.63) is 29.1 Å². The first-order chi connectivity index (χ1) is 9.70. The molecule has 1 aromatic rings. The largest absolute Gasteiger partial charge is 0.341 e. The highest BCUT2D eigenvalue weighted by Crippen LogP contribution is 2.27. The van der Waals surface area contributed by atoms with E-state index >= 15 is 0 Å². The number of amides is 1. The van der Waals surface area contributed by atoms with Crippen molar-refractivity contribution in [3.63, 3.8) is 0 Å². The summed E-state index contributed by atoms with van der Waals surface area (Å²) in [5.74, 6) is -0.773. The number of primary sulfonamides is 1. The normalized spacial score (nSPS) is 15.6. The minimum atomic E-state index is -3.98. The molecule has 0 radical (unpaired) electrons.